The maximum Gasteiger partial charge on any atom is 0.129 e. The summed E-state index contributed by atoms with van der Waals surface area (Å²) >= 11 is 0. The van der Waals surface area contributed by atoms with Gasteiger partial charge in [0.05, 0.1) is 6.10 Å². The molecule has 0 aliphatic carbocycles. The standard InChI is InChI=1S/C14H22N2O/c1-3-13-6-4-5-9-16(13)14-10-12(11(2)17)7-8-15-14/h7-8,10-11,13,17H,3-6,9H2,1-2H3. The molecule has 1 aliphatic heterocycles. The van der Waals surface area contributed by atoms with Crippen LogP contribution >= 0.6 is 0 Å². The van der Waals surface area contributed by atoms with E-state index in [1.165, 1.54) is 25.7 Å². The summed E-state index contributed by atoms with van der Waals surface area (Å²) in [5.74, 6) is 1.02. The number of rotatable bonds is 3. The fourth-order valence-corrected chi connectivity index (χ4v) is 2.58. The molecule has 0 radical (unpaired) electrons. The van der Waals surface area contributed by atoms with Gasteiger partial charge in [-0.25, -0.2) is 4.98 Å². The number of piperidine rings is 1. The Hall–Kier alpha value is -1.09. The van der Waals surface area contributed by atoms with Crippen molar-refractivity contribution in [2.45, 2.75) is 51.7 Å². The summed E-state index contributed by atoms with van der Waals surface area (Å²) in [5.41, 5.74) is 0.954. The van der Waals surface area contributed by atoms with E-state index in [1.54, 1.807) is 13.1 Å². The molecular formula is C14H22N2O. The van der Waals surface area contributed by atoms with Crippen molar-refractivity contribution in [1.29, 1.82) is 0 Å². The van der Waals surface area contributed by atoms with Gasteiger partial charge in [-0.05, 0) is 50.3 Å². The third-order valence-electron chi connectivity index (χ3n) is 3.64. The number of anilines is 1. The summed E-state index contributed by atoms with van der Waals surface area (Å²) in [7, 11) is 0. The summed E-state index contributed by atoms with van der Waals surface area (Å²) in [4.78, 5) is 6.86. The van der Waals surface area contributed by atoms with Crippen LogP contribution in [0.1, 0.15) is 51.2 Å². The average Bonchev–Trinajstić information content (AvgIpc) is 2.39. The van der Waals surface area contributed by atoms with E-state index in [-0.39, 0.29) is 0 Å². The number of aromatic nitrogens is 1. The lowest BCUT2D eigenvalue weighted by Crippen LogP contribution is -2.39. The van der Waals surface area contributed by atoms with Gasteiger partial charge in [-0.15, -0.1) is 0 Å². The first-order chi connectivity index (χ1) is 8.22. The molecule has 94 valence electrons. The maximum absolute atomic E-state index is 9.62. The maximum atomic E-state index is 9.62. The molecule has 2 heterocycles. The van der Waals surface area contributed by atoms with Crippen molar-refractivity contribution in [3.8, 4) is 0 Å². The minimum Gasteiger partial charge on any atom is -0.389 e. The second-order valence-electron chi connectivity index (χ2n) is 4.87. The van der Waals surface area contributed by atoms with E-state index in [0.717, 1.165) is 17.9 Å². The van der Waals surface area contributed by atoms with Gasteiger partial charge in [0, 0.05) is 18.8 Å². The van der Waals surface area contributed by atoms with Crippen molar-refractivity contribution in [3.63, 3.8) is 0 Å². The van der Waals surface area contributed by atoms with Gasteiger partial charge in [-0.2, -0.15) is 0 Å². The SMILES string of the molecule is CCC1CCCCN1c1cc(C(C)O)ccn1. The van der Waals surface area contributed by atoms with E-state index >= 15 is 0 Å². The van der Waals surface area contributed by atoms with Crippen molar-refractivity contribution in [2.24, 2.45) is 0 Å². The summed E-state index contributed by atoms with van der Waals surface area (Å²) in [5, 5.41) is 9.62. The molecule has 1 saturated heterocycles. The minimum absolute atomic E-state index is 0.415. The van der Waals surface area contributed by atoms with Crippen LogP contribution in [0.3, 0.4) is 0 Å². The predicted octanol–water partition coefficient (Wildman–Crippen LogP) is 2.90. The van der Waals surface area contributed by atoms with E-state index in [0.29, 0.717) is 6.04 Å². The molecule has 0 spiro atoms. The monoisotopic (exact) mass is 234 g/mol. The highest BCUT2D eigenvalue weighted by Gasteiger charge is 2.22. The van der Waals surface area contributed by atoms with Crippen LogP contribution in [0, 0.1) is 0 Å². The van der Waals surface area contributed by atoms with Crippen LogP contribution < -0.4 is 4.90 Å². The zero-order valence-electron chi connectivity index (χ0n) is 10.8. The molecule has 0 saturated carbocycles. The second-order valence-corrected chi connectivity index (χ2v) is 4.87. The molecule has 0 bridgehead atoms. The average molecular weight is 234 g/mol. The van der Waals surface area contributed by atoms with Gasteiger partial charge in [0.2, 0.25) is 0 Å². The fraction of sp³-hybridized carbons (Fsp3) is 0.643. The Kier molecular flexibility index (Phi) is 4.00. The first kappa shape index (κ1) is 12.4. The number of aliphatic hydroxyl groups is 1. The molecule has 2 rings (SSSR count). The molecule has 2 atom stereocenters. The molecule has 1 aliphatic rings. The topological polar surface area (TPSA) is 36.4 Å². The van der Waals surface area contributed by atoms with Crippen molar-refractivity contribution < 1.29 is 5.11 Å². The van der Waals surface area contributed by atoms with Gasteiger partial charge < -0.3 is 10.0 Å². The molecule has 0 amide bonds. The van der Waals surface area contributed by atoms with E-state index in [4.69, 9.17) is 0 Å². The van der Waals surface area contributed by atoms with Crippen LogP contribution in [-0.2, 0) is 0 Å². The summed E-state index contributed by atoms with van der Waals surface area (Å²) < 4.78 is 0. The van der Waals surface area contributed by atoms with Crippen LogP contribution in [0.5, 0.6) is 0 Å². The van der Waals surface area contributed by atoms with E-state index in [9.17, 15) is 5.11 Å². The van der Waals surface area contributed by atoms with Crippen LogP contribution in [-0.4, -0.2) is 22.7 Å². The van der Waals surface area contributed by atoms with E-state index in [2.05, 4.69) is 16.8 Å². The van der Waals surface area contributed by atoms with E-state index < -0.39 is 6.10 Å². The van der Waals surface area contributed by atoms with Crippen molar-refractivity contribution in [2.75, 3.05) is 11.4 Å². The highest BCUT2D eigenvalue weighted by Crippen LogP contribution is 2.26. The lowest BCUT2D eigenvalue weighted by atomic mass is 10.00. The fourth-order valence-electron chi connectivity index (χ4n) is 2.58. The number of hydrogen-bond acceptors (Lipinski definition) is 3. The Bertz CT molecular complexity index is 365. The summed E-state index contributed by atoms with van der Waals surface area (Å²) in [6, 6.07) is 4.53. The Morgan fingerprint density at radius 2 is 2.35 bits per heavy atom. The van der Waals surface area contributed by atoms with Crippen LogP contribution in [0.25, 0.3) is 0 Å². The highest BCUT2D eigenvalue weighted by molar-refractivity contribution is 5.43. The lowest BCUT2D eigenvalue weighted by Gasteiger charge is -2.36. The molecule has 2 unspecified atom stereocenters. The van der Waals surface area contributed by atoms with Crippen molar-refractivity contribution in [1.82, 2.24) is 4.98 Å². The van der Waals surface area contributed by atoms with E-state index in [1.807, 2.05) is 12.1 Å². The van der Waals surface area contributed by atoms with Crippen LogP contribution in [0.15, 0.2) is 18.3 Å². The molecule has 3 nitrogen and oxygen atoms in total. The van der Waals surface area contributed by atoms with Gasteiger partial charge in [0.15, 0.2) is 0 Å². The number of nitrogens with zero attached hydrogens (tertiary/aromatic N) is 2. The predicted molar refractivity (Wildman–Crippen MR) is 70.1 cm³/mol. The molecule has 1 aromatic heterocycles. The Labute approximate surface area is 103 Å². The van der Waals surface area contributed by atoms with Gasteiger partial charge in [-0.3, -0.25) is 0 Å². The Balaban J connectivity index is 2.22. The van der Waals surface area contributed by atoms with Crippen LogP contribution in [0.2, 0.25) is 0 Å². The normalized spacial score (nSPS) is 22.5. The zero-order valence-corrected chi connectivity index (χ0v) is 10.8. The molecule has 17 heavy (non-hydrogen) atoms. The summed E-state index contributed by atoms with van der Waals surface area (Å²) in [6.45, 7) is 5.13. The molecule has 1 N–H and O–H groups in total. The molecular weight excluding hydrogens is 212 g/mol. The quantitative estimate of drug-likeness (QED) is 0.873. The minimum atomic E-state index is -0.415. The Morgan fingerprint density at radius 3 is 3.06 bits per heavy atom. The molecule has 1 aromatic rings. The van der Waals surface area contributed by atoms with Crippen LogP contribution in [0.4, 0.5) is 5.82 Å². The van der Waals surface area contributed by atoms with Gasteiger partial charge in [0.1, 0.15) is 5.82 Å². The third kappa shape index (κ3) is 2.78. The number of hydrogen-bond donors (Lipinski definition) is 1. The number of aliphatic hydroxyl groups excluding tert-OH is 1. The second kappa shape index (κ2) is 5.50. The van der Waals surface area contributed by atoms with Crippen molar-refractivity contribution >= 4 is 5.82 Å². The molecule has 1 fully saturated rings. The van der Waals surface area contributed by atoms with Crippen molar-refractivity contribution in [3.05, 3.63) is 23.9 Å². The number of pyridine rings is 1. The van der Waals surface area contributed by atoms with Gasteiger partial charge >= 0.3 is 0 Å². The largest absolute Gasteiger partial charge is 0.389 e. The smallest absolute Gasteiger partial charge is 0.129 e. The first-order valence-corrected chi connectivity index (χ1v) is 6.63. The summed E-state index contributed by atoms with van der Waals surface area (Å²) in [6.07, 6.45) is 6.39. The first-order valence-electron chi connectivity index (χ1n) is 6.63. The lowest BCUT2D eigenvalue weighted by molar-refractivity contribution is 0.199. The highest BCUT2D eigenvalue weighted by atomic mass is 16.3. The zero-order chi connectivity index (χ0) is 12.3. The third-order valence-corrected chi connectivity index (χ3v) is 3.64. The van der Waals surface area contributed by atoms with Gasteiger partial charge in [-0.1, -0.05) is 6.92 Å². The Morgan fingerprint density at radius 1 is 1.53 bits per heavy atom. The molecule has 0 aromatic carbocycles. The molecule has 3 heteroatoms. The van der Waals surface area contributed by atoms with Gasteiger partial charge in [0.25, 0.3) is 0 Å².